The SMILES string of the molecule is CC1CCC(N(C(=O)C2CCN(S(N)(=O)=O)CC2)C2CC2)CC1. The van der Waals surface area contributed by atoms with Crippen LogP contribution in [0.3, 0.4) is 0 Å². The molecule has 2 saturated carbocycles. The van der Waals surface area contributed by atoms with Gasteiger partial charge in [0.2, 0.25) is 5.91 Å². The molecule has 2 N–H and O–H groups in total. The number of carbonyl (C=O) groups excluding carboxylic acids is 1. The highest BCUT2D eigenvalue weighted by Gasteiger charge is 2.41. The van der Waals surface area contributed by atoms with E-state index in [1.165, 1.54) is 17.1 Å². The van der Waals surface area contributed by atoms with E-state index in [9.17, 15) is 13.2 Å². The van der Waals surface area contributed by atoms with Crippen molar-refractivity contribution in [2.75, 3.05) is 13.1 Å². The van der Waals surface area contributed by atoms with Crippen molar-refractivity contribution in [3.05, 3.63) is 0 Å². The summed E-state index contributed by atoms with van der Waals surface area (Å²) in [6.07, 6.45) is 8.14. The topological polar surface area (TPSA) is 83.7 Å². The third kappa shape index (κ3) is 4.06. The van der Waals surface area contributed by atoms with E-state index in [0.717, 1.165) is 31.6 Å². The molecule has 23 heavy (non-hydrogen) atoms. The lowest BCUT2D eigenvalue weighted by molar-refractivity contribution is -0.140. The summed E-state index contributed by atoms with van der Waals surface area (Å²) in [5, 5.41) is 5.18. The van der Waals surface area contributed by atoms with Crippen LogP contribution in [0.1, 0.15) is 58.3 Å². The molecule has 7 heteroatoms. The van der Waals surface area contributed by atoms with E-state index in [1.54, 1.807) is 0 Å². The second-order valence-electron chi connectivity index (χ2n) is 7.61. The number of rotatable bonds is 4. The van der Waals surface area contributed by atoms with Crippen LogP contribution in [0.25, 0.3) is 0 Å². The predicted octanol–water partition coefficient (Wildman–Crippen LogP) is 1.47. The Hall–Kier alpha value is -0.660. The highest BCUT2D eigenvalue weighted by molar-refractivity contribution is 7.86. The van der Waals surface area contributed by atoms with E-state index >= 15 is 0 Å². The van der Waals surface area contributed by atoms with Gasteiger partial charge in [-0.15, -0.1) is 0 Å². The summed E-state index contributed by atoms with van der Waals surface area (Å²) >= 11 is 0. The normalized spacial score (nSPS) is 31.0. The van der Waals surface area contributed by atoms with Crippen molar-refractivity contribution in [2.24, 2.45) is 17.0 Å². The van der Waals surface area contributed by atoms with Crippen LogP contribution in [0.2, 0.25) is 0 Å². The molecule has 3 aliphatic rings. The average molecular weight is 343 g/mol. The Kier molecular flexibility index (Phi) is 4.99. The smallest absolute Gasteiger partial charge is 0.276 e. The Balaban J connectivity index is 1.61. The van der Waals surface area contributed by atoms with Crippen molar-refractivity contribution in [1.29, 1.82) is 0 Å². The first-order valence-corrected chi connectivity index (χ1v) is 10.5. The van der Waals surface area contributed by atoms with Gasteiger partial charge in [0, 0.05) is 31.1 Å². The van der Waals surface area contributed by atoms with Crippen LogP contribution in [0, 0.1) is 11.8 Å². The minimum atomic E-state index is -3.62. The van der Waals surface area contributed by atoms with E-state index in [1.807, 2.05) is 0 Å². The second-order valence-corrected chi connectivity index (χ2v) is 9.15. The fourth-order valence-corrected chi connectivity index (χ4v) is 4.82. The number of nitrogens with two attached hydrogens (primary N) is 1. The summed E-state index contributed by atoms with van der Waals surface area (Å²) in [5.41, 5.74) is 0. The van der Waals surface area contributed by atoms with Crippen molar-refractivity contribution >= 4 is 16.1 Å². The largest absolute Gasteiger partial charge is 0.336 e. The van der Waals surface area contributed by atoms with Crippen molar-refractivity contribution in [3.63, 3.8) is 0 Å². The lowest BCUT2D eigenvalue weighted by Crippen LogP contribution is -2.50. The molecule has 3 rings (SSSR count). The van der Waals surface area contributed by atoms with Gasteiger partial charge in [0.25, 0.3) is 10.2 Å². The summed E-state index contributed by atoms with van der Waals surface area (Å²) in [5.74, 6) is 1.01. The summed E-state index contributed by atoms with van der Waals surface area (Å²) in [6, 6.07) is 0.847. The van der Waals surface area contributed by atoms with Gasteiger partial charge in [-0.05, 0) is 57.3 Å². The van der Waals surface area contributed by atoms with E-state index in [4.69, 9.17) is 5.14 Å². The standard InChI is InChI=1S/C16H29N3O3S/c1-12-2-4-14(5-3-12)19(15-6-7-15)16(20)13-8-10-18(11-9-13)23(17,21)22/h12-15H,2-11H2,1H3,(H2,17,21,22). The maximum atomic E-state index is 13.0. The van der Waals surface area contributed by atoms with Gasteiger partial charge in [-0.1, -0.05) is 6.92 Å². The van der Waals surface area contributed by atoms with Gasteiger partial charge < -0.3 is 4.90 Å². The Morgan fingerprint density at radius 1 is 0.957 bits per heavy atom. The molecule has 0 aromatic carbocycles. The zero-order chi connectivity index (χ0) is 16.6. The summed E-state index contributed by atoms with van der Waals surface area (Å²) < 4.78 is 24.1. The van der Waals surface area contributed by atoms with Gasteiger partial charge in [0.15, 0.2) is 0 Å². The Bertz CT molecular complexity index is 531. The molecule has 3 fully saturated rings. The van der Waals surface area contributed by atoms with E-state index in [-0.39, 0.29) is 11.8 Å². The summed E-state index contributed by atoms with van der Waals surface area (Å²) in [6.45, 7) is 3.04. The Morgan fingerprint density at radius 2 is 1.43 bits per heavy atom. The fourth-order valence-electron chi connectivity index (χ4n) is 4.10. The van der Waals surface area contributed by atoms with Crippen LogP contribution in [-0.4, -0.2) is 48.7 Å². The maximum absolute atomic E-state index is 13.0. The van der Waals surface area contributed by atoms with Crippen molar-refractivity contribution in [2.45, 2.75) is 70.4 Å². The number of hydrogen-bond acceptors (Lipinski definition) is 3. The number of amides is 1. The predicted molar refractivity (Wildman–Crippen MR) is 88.7 cm³/mol. The van der Waals surface area contributed by atoms with Crippen LogP contribution >= 0.6 is 0 Å². The average Bonchev–Trinajstić information content (AvgIpc) is 3.33. The van der Waals surface area contributed by atoms with Gasteiger partial charge in [-0.3, -0.25) is 4.79 Å². The molecule has 0 unspecified atom stereocenters. The van der Waals surface area contributed by atoms with Crippen LogP contribution in [0.15, 0.2) is 0 Å². The molecular weight excluding hydrogens is 314 g/mol. The monoisotopic (exact) mass is 343 g/mol. The van der Waals surface area contributed by atoms with E-state index in [0.29, 0.717) is 38.0 Å². The molecule has 6 nitrogen and oxygen atoms in total. The Morgan fingerprint density at radius 3 is 1.87 bits per heavy atom. The van der Waals surface area contributed by atoms with Crippen LogP contribution in [0.4, 0.5) is 0 Å². The second kappa shape index (κ2) is 6.69. The molecule has 0 radical (unpaired) electrons. The molecule has 0 bridgehead atoms. The van der Waals surface area contributed by atoms with E-state index in [2.05, 4.69) is 11.8 Å². The number of nitrogens with zero attached hydrogens (tertiary/aromatic N) is 2. The van der Waals surface area contributed by atoms with Gasteiger partial charge >= 0.3 is 0 Å². The maximum Gasteiger partial charge on any atom is 0.276 e. The third-order valence-corrected chi connectivity index (χ3v) is 6.82. The van der Waals surface area contributed by atoms with Gasteiger partial charge in [0.05, 0.1) is 0 Å². The first-order chi connectivity index (χ1) is 10.9. The molecule has 1 saturated heterocycles. The summed E-state index contributed by atoms with van der Waals surface area (Å²) in [7, 11) is -3.62. The first kappa shape index (κ1) is 17.2. The molecule has 132 valence electrons. The lowest BCUT2D eigenvalue weighted by atomic mass is 9.85. The quantitative estimate of drug-likeness (QED) is 0.839. The highest BCUT2D eigenvalue weighted by Crippen LogP contribution is 2.37. The molecular formula is C16H29N3O3S. The zero-order valence-electron chi connectivity index (χ0n) is 14.0. The molecule has 1 amide bonds. The van der Waals surface area contributed by atoms with Crippen LogP contribution in [-0.2, 0) is 15.0 Å². The van der Waals surface area contributed by atoms with Crippen LogP contribution in [0.5, 0.6) is 0 Å². The fraction of sp³-hybridized carbons (Fsp3) is 0.938. The number of hydrogen-bond donors (Lipinski definition) is 1. The molecule has 0 aromatic heterocycles. The van der Waals surface area contributed by atoms with E-state index < -0.39 is 10.2 Å². The van der Waals surface area contributed by atoms with Crippen molar-refractivity contribution in [1.82, 2.24) is 9.21 Å². The molecule has 2 aliphatic carbocycles. The summed E-state index contributed by atoms with van der Waals surface area (Å²) in [4.78, 5) is 15.2. The minimum absolute atomic E-state index is 0.0343. The molecule has 0 atom stereocenters. The molecule has 0 spiro atoms. The number of piperidine rings is 1. The molecule has 1 aliphatic heterocycles. The third-order valence-electron chi connectivity index (χ3n) is 5.74. The van der Waals surface area contributed by atoms with Crippen molar-refractivity contribution in [3.8, 4) is 0 Å². The molecule has 1 heterocycles. The molecule has 0 aromatic rings. The van der Waals surface area contributed by atoms with Crippen molar-refractivity contribution < 1.29 is 13.2 Å². The minimum Gasteiger partial charge on any atom is -0.336 e. The van der Waals surface area contributed by atoms with Gasteiger partial charge in [-0.2, -0.15) is 12.7 Å². The highest BCUT2D eigenvalue weighted by atomic mass is 32.2. The lowest BCUT2D eigenvalue weighted by Gasteiger charge is -2.40. The Labute approximate surface area is 139 Å². The van der Waals surface area contributed by atoms with Crippen LogP contribution < -0.4 is 5.14 Å². The first-order valence-electron chi connectivity index (χ1n) is 8.96. The van der Waals surface area contributed by atoms with Gasteiger partial charge in [-0.25, -0.2) is 5.14 Å². The zero-order valence-corrected chi connectivity index (χ0v) is 14.8. The van der Waals surface area contributed by atoms with Gasteiger partial charge in [0.1, 0.15) is 0 Å². The number of carbonyl (C=O) groups is 1.